The van der Waals surface area contributed by atoms with Crippen molar-refractivity contribution in [2.45, 2.75) is 26.7 Å². The van der Waals surface area contributed by atoms with Crippen molar-refractivity contribution in [1.29, 1.82) is 0 Å². The Bertz CT molecular complexity index is 420. The van der Waals surface area contributed by atoms with Crippen LogP contribution in [0.3, 0.4) is 0 Å². The number of piperazine rings is 1. The largest absolute Gasteiger partial charge is 0.353 e. The summed E-state index contributed by atoms with van der Waals surface area (Å²) in [5.74, 6) is 2.04. The maximum absolute atomic E-state index is 4.32. The van der Waals surface area contributed by atoms with Crippen molar-refractivity contribution in [1.82, 2.24) is 15.1 Å². The summed E-state index contributed by atoms with van der Waals surface area (Å²) in [7, 11) is 0. The number of hydrogen-bond donors (Lipinski definition) is 0. The van der Waals surface area contributed by atoms with E-state index < -0.39 is 0 Å². The van der Waals surface area contributed by atoms with Gasteiger partial charge in [0.05, 0.1) is 5.69 Å². The van der Waals surface area contributed by atoms with Crippen LogP contribution >= 0.6 is 0 Å². The molecule has 1 saturated carbocycles. The van der Waals surface area contributed by atoms with Gasteiger partial charge in [-0.2, -0.15) is 5.10 Å². The third-order valence-corrected chi connectivity index (χ3v) is 4.13. The van der Waals surface area contributed by atoms with E-state index >= 15 is 0 Å². The van der Waals surface area contributed by atoms with Crippen molar-refractivity contribution in [3.63, 3.8) is 0 Å². The normalized spacial score (nSPS) is 21.3. The molecule has 4 nitrogen and oxygen atoms in total. The molecule has 0 amide bonds. The van der Waals surface area contributed by atoms with Gasteiger partial charge in [0.1, 0.15) is 0 Å². The summed E-state index contributed by atoms with van der Waals surface area (Å²) in [4.78, 5) is 4.96. The molecule has 0 aromatic carbocycles. The van der Waals surface area contributed by atoms with Crippen LogP contribution in [0.1, 0.15) is 24.1 Å². The van der Waals surface area contributed by atoms with Crippen LogP contribution in [-0.2, 0) is 0 Å². The summed E-state index contributed by atoms with van der Waals surface area (Å²) in [5.41, 5.74) is 2.27. The minimum absolute atomic E-state index is 0.998. The highest BCUT2D eigenvalue weighted by Gasteiger charge is 2.26. The molecule has 0 unspecified atom stereocenters. The van der Waals surface area contributed by atoms with Gasteiger partial charge in [0.15, 0.2) is 5.82 Å². The molecule has 3 rings (SSSR count). The zero-order valence-corrected chi connectivity index (χ0v) is 11.4. The summed E-state index contributed by atoms with van der Waals surface area (Å²) in [6.07, 6.45) is 2.89. The van der Waals surface area contributed by atoms with E-state index in [4.69, 9.17) is 0 Å². The number of rotatable bonds is 3. The molecule has 0 radical (unpaired) electrons. The van der Waals surface area contributed by atoms with Gasteiger partial charge in [0, 0.05) is 32.7 Å². The molecule has 2 aliphatic rings. The van der Waals surface area contributed by atoms with Crippen molar-refractivity contribution in [2.24, 2.45) is 5.92 Å². The van der Waals surface area contributed by atoms with E-state index in [1.165, 1.54) is 38.0 Å². The van der Waals surface area contributed by atoms with Gasteiger partial charge in [-0.25, -0.2) is 0 Å². The van der Waals surface area contributed by atoms with Gasteiger partial charge in [-0.05, 0) is 44.2 Å². The van der Waals surface area contributed by atoms with Crippen LogP contribution in [-0.4, -0.2) is 47.8 Å². The zero-order chi connectivity index (χ0) is 12.5. The minimum Gasteiger partial charge on any atom is -0.353 e. The standard InChI is InChI=1S/C14H22N4/c1-11-9-14(16-15-12(11)2)18-7-5-17(6-8-18)10-13-3-4-13/h9,13H,3-8,10H2,1-2H3. The van der Waals surface area contributed by atoms with Crippen molar-refractivity contribution < 1.29 is 0 Å². The molecule has 0 N–H and O–H groups in total. The van der Waals surface area contributed by atoms with E-state index in [0.29, 0.717) is 0 Å². The first-order chi connectivity index (χ1) is 8.72. The molecule has 2 fully saturated rings. The van der Waals surface area contributed by atoms with E-state index in [2.05, 4.69) is 33.0 Å². The van der Waals surface area contributed by atoms with Crippen LogP contribution in [0, 0.1) is 19.8 Å². The minimum atomic E-state index is 0.998. The van der Waals surface area contributed by atoms with Gasteiger partial charge in [0.25, 0.3) is 0 Å². The lowest BCUT2D eigenvalue weighted by Crippen LogP contribution is -2.47. The summed E-state index contributed by atoms with van der Waals surface area (Å²) < 4.78 is 0. The first kappa shape index (κ1) is 11.9. The van der Waals surface area contributed by atoms with Gasteiger partial charge >= 0.3 is 0 Å². The molecule has 98 valence electrons. The average Bonchev–Trinajstić information content (AvgIpc) is 3.18. The average molecular weight is 246 g/mol. The van der Waals surface area contributed by atoms with Gasteiger partial charge in [-0.3, -0.25) is 4.90 Å². The van der Waals surface area contributed by atoms with Gasteiger partial charge < -0.3 is 4.90 Å². The Morgan fingerprint density at radius 2 is 1.83 bits per heavy atom. The summed E-state index contributed by atoms with van der Waals surface area (Å²) in [5, 5.41) is 8.54. The van der Waals surface area contributed by atoms with Crippen LogP contribution < -0.4 is 4.90 Å². The van der Waals surface area contributed by atoms with Gasteiger partial charge in [-0.1, -0.05) is 0 Å². The van der Waals surface area contributed by atoms with E-state index in [1.54, 1.807) is 0 Å². The molecular weight excluding hydrogens is 224 g/mol. The number of hydrogen-bond acceptors (Lipinski definition) is 4. The predicted octanol–water partition coefficient (Wildman–Crippen LogP) is 1.63. The second-order valence-corrected chi connectivity index (χ2v) is 5.70. The number of aromatic nitrogens is 2. The molecule has 18 heavy (non-hydrogen) atoms. The van der Waals surface area contributed by atoms with Gasteiger partial charge in [-0.15, -0.1) is 5.10 Å². The van der Waals surface area contributed by atoms with E-state index in [9.17, 15) is 0 Å². The Balaban J connectivity index is 1.59. The Morgan fingerprint density at radius 3 is 2.44 bits per heavy atom. The van der Waals surface area contributed by atoms with E-state index in [-0.39, 0.29) is 0 Å². The highest BCUT2D eigenvalue weighted by Crippen LogP contribution is 2.30. The first-order valence-electron chi connectivity index (χ1n) is 7.00. The van der Waals surface area contributed by atoms with Crippen LogP contribution in [0.15, 0.2) is 6.07 Å². The number of aryl methyl sites for hydroxylation is 2. The molecular formula is C14H22N4. The number of anilines is 1. The smallest absolute Gasteiger partial charge is 0.151 e. The van der Waals surface area contributed by atoms with Crippen molar-refractivity contribution in [2.75, 3.05) is 37.6 Å². The lowest BCUT2D eigenvalue weighted by molar-refractivity contribution is 0.247. The molecule has 1 aromatic rings. The quantitative estimate of drug-likeness (QED) is 0.811. The fourth-order valence-electron chi connectivity index (χ4n) is 2.51. The van der Waals surface area contributed by atoms with Crippen molar-refractivity contribution in [3.8, 4) is 0 Å². The summed E-state index contributed by atoms with van der Waals surface area (Å²) in [6.45, 7) is 9.95. The SMILES string of the molecule is Cc1cc(N2CCN(CC3CC3)CC2)nnc1C. The first-order valence-corrected chi connectivity index (χ1v) is 7.00. The monoisotopic (exact) mass is 246 g/mol. The summed E-state index contributed by atoms with van der Waals surface area (Å²) >= 11 is 0. The third-order valence-electron chi connectivity index (χ3n) is 4.13. The van der Waals surface area contributed by atoms with E-state index in [1.807, 2.05) is 6.92 Å². The molecule has 2 heterocycles. The van der Waals surface area contributed by atoms with Crippen molar-refractivity contribution in [3.05, 3.63) is 17.3 Å². The van der Waals surface area contributed by atoms with Gasteiger partial charge in [0.2, 0.25) is 0 Å². The molecule has 0 bridgehead atoms. The molecule has 0 atom stereocenters. The van der Waals surface area contributed by atoms with Crippen LogP contribution in [0.4, 0.5) is 5.82 Å². The third kappa shape index (κ3) is 2.64. The zero-order valence-electron chi connectivity index (χ0n) is 11.4. The second-order valence-electron chi connectivity index (χ2n) is 5.70. The highest BCUT2D eigenvalue weighted by atomic mass is 15.3. The fourth-order valence-corrected chi connectivity index (χ4v) is 2.51. The molecule has 1 aliphatic heterocycles. The van der Waals surface area contributed by atoms with Crippen LogP contribution in [0.25, 0.3) is 0 Å². The summed E-state index contributed by atoms with van der Waals surface area (Å²) in [6, 6.07) is 2.17. The molecule has 1 saturated heterocycles. The van der Waals surface area contributed by atoms with Crippen LogP contribution in [0.5, 0.6) is 0 Å². The second kappa shape index (κ2) is 4.84. The van der Waals surface area contributed by atoms with Crippen LogP contribution in [0.2, 0.25) is 0 Å². The lowest BCUT2D eigenvalue weighted by Gasteiger charge is -2.35. The Kier molecular flexibility index (Phi) is 3.20. The highest BCUT2D eigenvalue weighted by molar-refractivity contribution is 5.41. The Morgan fingerprint density at radius 1 is 1.11 bits per heavy atom. The Hall–Kier alpha value is -1.16. The number of nitrogens with zero attached hydrogens (tertiary/aromatic N) is 4. The predicted molar refractivity (Wildman–Crippen MR) is 72.9 cm³/mol. The van der Waals surface area contributed by atoms with E-state index in [0.717, 1.165) is 30.5 Å². The maximum atomic E-state index is 4.32. The molecule has 1 aromatic heterocycles. The molecule has 0 spiro atoms. The fraction of sp³-hybridized carbons (Fsp3) is 0.714. The lowest BCUT2D eigenvalue weighted by atomic mass is 10.2. The molecule has 1 aliphatic carbocycles. The topological polar surface area (TPSA) is 32.3 Å². The molecule has 4 heteroatoms. The maximum Gasteiger partial charge on any atom is 0.151 e. The van der Waals surface area contributed by atoms with Crippen molar-refractivity contribution >= 4 is 5.82 Å². The Labute approximate surface area is 109 Å².